The third-order valence-electron chi connectivity index (χ3n) is 4.43. The predicted octanol–water partition coefficient (Wildman–Crippen LogP) is 5.37. The maximum Gasteiger partial charge on any atom is 0.298 e. The summed E-state index contributed by atoms with van der Waals surface area (Å²) >= 11 is 0. The van der Waals surface area contributed by atoms with Crippen molar-refractivity contribution in [2.45, 2.75) is 4.90 Å². The van der Waals surface area contributed by atoms with Crippen molar-refractivity contribution in [1.29, 1.82) is 0 Å². The Morgan fingerprint density at radius 2 is 1.32 bits per heavy atom. The monoisotopic (exact) mass is 432 g/mol. The molecule has 0 aliphatic heterocycles. The zero-order chi connectivity index (χ0) is 22.3. The van der Waals surface area contributed by atoms with E-state index in [9.17, 15) is 18.3 Å². The Balaban J connectivity index is 0.000000176. The maximum atomic E-state index is 11.7. The minimum absolute atomic E-state index is 0.0319. The molecule has 0 amide bonds. The summed E-state index contributed by atoms with van der Waals surface area (Å²) < 4.78 is 30.6. The van der Waals surface area contributed by atoms with Crippen molar-refractivity contribution < 1.29 is 22.9 Å². The lowest BCUT2D eigenvalue weighted by Crippen LogP contribution is -1.98. The van der Waals surface area contributed by atoms with E-state index in [2.05, 4.69) is 0 Å². The van der Waals surface area contributed by atoms with Gasteiger partial charge in [-0.2, -0.15) is 8.42 Å². The number of hydrogen-bond donors (Lipinski definition) is 2. The molecule has 4 rings (SSSR count). The summed E-state index contributed by atoms with van der Waals surface area (Å²) in [5.41, 5.74) is 1.75. The van der Waals surface area contributed by atoms with Crippen LogP contribution in [0.25, 0.3) is 16.8 Å². The zero-order valence-electron chi connectivity index (χ0n) is 16.4. The molecule has 2 N–H and O–H groups in total. The van der Waals surface area contributed by atoms with E-state index in [-0.39, 0.29) is 5.78 Å². The molecule has 0 unspecified atom stereocenters. The first-order valence-corrected chi connectivity index (χ1v) is 10.8. The molecule has 0 saturated carbocycles. The molecule has 0 spiro atoms. The van der Waals surface area contributed by atoms with Crippen molar-refractivity contribution in [3.63, 3.8) is 0 Å². The third kappa shape index (κ3) is 5.88. The highest BCUT2D eigenvalue weighted by atomic mass is 32.2. The summed E-state index contributed by atoms with van der Waals surface area (Å²) in [5, 5.41) is 10.8. The van der Waals surface area contributed by atoms with Gasteiger partial charge < -0.3 is 5.11 Å². The van der Waals surface area contributed by atoms with Crippen molar-refractivity contribution in [3.05, 3.63) is 114 Å². The first-order valence-electron chi connectivity index (χ1n) is 9.37. The Kier molecular flexibility index (Phi) is 6.97. The Morgan fingerprint density at radius 3 is 1.97 bits per heavy atom. The Morgan fingerprint density at radius 1 is 0.742 bits per heavy atom. The summed E-state index contributed by atoms with van der Waals surface area (Å²) in [7, 11) is -4.37. The lowest BCUT2D eigenvalue weighted by molar-refractivity contribution is 0.104. The van der Waals surface area contributed by atoms with E-state index in [0.717, 1.165) is 11.1 Å². The predicted molar refractivity (Wildman–Crippen MR) is 122 cm³/mol. The fourth-order valence-corrected chi connectivity index (χ4v) is 3.47. The molecule has 31 heavy (non-hydrogen) atoms. The number of carbonyl (C=O) groups is 1. The molecule has 0 atom stereocenters. The van der Waals surface area contributed by atoms with Crippen molar-refractivity contribution >= 4 is 32.7 Å². The van der Waals surface area contributed by atoms with E-state index in [1.165, 1.54) is 12.1 Å². The molecule has 0 saturated heterocycles. The molecule has 0 bridgehead atoms. The van der Waals surface area contributed by atoms with Gasteiger partial charge in [-0.1, -0.05) is 97.1 Å². The summed E-state index contributed by atoms with van der Waals surface area (Å²) in [6, 6.07) is 28.5. The molecule has 156 valence electrons. The quantitative estimate of drug-likeness (QED) is 0.257. The number of phenols is 1. The van der Waals surface area contributed by atoms with E-state index in [4.69, 9.17) is 4.55 Å². The molecular formula is C25H20O5S. The van der Waals surface area contributed by atoms with Gasteiger partial charge in [-0.05, 0) is 23.1 Å². The maximum absolute atomic E-state index is 11.7. The van der Waals surface area contributed by atoms with Gasteiger partial charge in [0, 0.05) is 10.9 Å². The smallest absolute Gasteiger partial charge is 0.298 e. The first-order chi connectivity index (χ1) is 14.9. The highest BCUT2D eigenvalue weighted by molar-refractivity contribution is 7.86. The Labute approximate surface area is 180 Å². The number of hydrogen-bond acceptors (Lipinski definition) is 4. The van der Waals surface area contributed by atoms with Gasteiger partial charge in [0.2, 0.25) is 0 Å². The fraction of sp³-hybridized carbons (Fsp3) is 0. The van der Waals surface area contributed by atoms with Crippen LogP contribution in [0.4, 0.5) is 0 Å². The van der Waals surface area contributed by atoms with E-state index in [1.807, 2.05) is 66.7 Å². The van der Waals surface area contributed by atoms with Gasteiger partial charge in [-0.25, -0.2) is 0 Å². The van der Waals surface area contributed by atoms with E-state index in [0.29, 0.717) is 10.8 Å². The van der Waals surface area contributed by atoms with Crippen molar-refractivity contribution in [3.8, 4) is 5.75 Å². The highest BCUT2D eigenvalue weighted by Gasteiger charge is 2.16. The molecule has 4 aromatic rings. The molecule has 6 heteroatoms. The van der Waals surface area contributed by atoms with Gasteiger partial charge in [0.25, 0.3) is 10.1 Å². The minimum atomic E-state index is -4.37. The number of phenolic OH excluding ortho intramolecular Hbond substituents is 1. The number of benzene rings is 4. The minimum Gasteiger partial charge on any atom is -0.506 e. The van der Waals surface area contributed by atoms with Crippen LogP contribution >= 0.6 is 0 Å². The lowest BCUT2D eigenvalue weighted by atomic mass is 10.1. The van der Waals surface area contributed by atoms with Crippen LogP contribution in [0.15, 0.2) is 108 Å². The van der Waals surface area contributed by atoms with Crippen molar-refractivity contribution in [2.24, 2.45) is 0 Å². The third-order valence-corrected chi connectivity index (χ3v) is 5.31. The Bertz CT molecular complexity index is 1310. The number of aromatic hydroxyl groups is 1. The second-order valence-corrected chi connectivity index (χ2v) is 7.97. The van der Waals surface area contributed by atoms with Gasteiger partial charge in [-0.3, -0.25) is 9.35 Å². The average molecular weight is 432 g/mol. The first kappa shape index (κ1) is 22.0. The number of carbonyl (C=O) groups excluding carboxylic acids is 1. The summed E-state index contributed by atoms with van der Waals surface area (Å²) in [6.07, 6.45) is 3.43. The molecule has 0 aliphatic carbocycles. The van der Waals surface area contributed by atoms with Crippen LogP contribution in [0.1, 0.15) is 15.9 Å². The van der Waals surface area contributed by atoms with Gasteiger partial charge in [0.15, 0.2) is 5.78 Å². The second kappa shape index (κ2) is 9.84. The molecular weight excluding hydrogens is 412 g/mol. The number of rotatable bonds is 4. The largest absolute Gasteiger partial charge is 0.506 e. The summed E-state index contributed by atoms with van der Waals surface area (Å²) in [6.45, 7) is 0. The van der Waals surface area contributed by atoms with Crippen molar-refractivity contribution in [1.82, 2.24) is 0 Å². The molecule has 0 heterocycles. The molecule has 0 fully saturated rings. The lowest BCUT2D eigenvalue weighted by Gasteiger charge is -2.04. The van der Waals surface area contributed by atoms with Gasteiger partial charge in [-0.15, -0.1) is 0 Å². The van der Waals surface area contributed by atoms with Crippen LogP contribution in [0, 0.1) is 0 Å². The summed E-state index contributed by atoms with van der Waals surface area (Å²) in [5.74, 6) is -0.389. The SMILES string of the molecule is O=C(C=Cc1ccccc1)c1ccccc1.O=S(=O)(O)c1ccc2ccccc2c1O. The van der Waals surface area contributed by atoms with Crippen LogP contribution in [-0.2, 0) is 10.1 Å². The number of allylic oxidation sites excluding steroid dienone is 1. The van der Waals surface area contributed by atoms with Crippen LogP contribution in [0.2, 0.25) is 0 Å². The molecule has 0 aromatic heterocycles. The van der Waals surface area contributed by atoms with E-state index in [1.54, 1.807) is 30.3 Å². The Hall–Kier alpha value is -3.74. The molecule has 4 aromatic carbocycles. The highest BCUT2D eigenvalue weighted by Crippen LogP contribution is 2.31. The van der Waals surface area contributed by atoms with E-state index >= 15 is 0 Å². The van der Waals surface area contributed by atoms with Gasteiger partial charge in [0.1, 0.15) is 10.6 Å². The summed E-state index contributed by atoms with van der Waals surface area (Å²) in [4.78, 5) is 11.3. The van der Waals surface area contributed by atoms with Gasteiger partial charge >= 0.3 is 0 Å². The standard InChI is InChI=1S/C15H12O.C10H8O4S/c16-15(14-9-5-2-6-10-14)12-11-13-7-3-1-4-8-13;11-10-8-4-2-1-3-7(8)5-6-9(10)15(12,13)14/h1-12H;1-6,11H,(H,12,13,14). The molecule has 0 radical (unpaired) electrons. The second-order valence-electron chi connectivity index (χ2n) is 6.58. The van der Waals surface area contributed by atoms with E-state index < -0.39 is 20.8 Å². The topological polar surface area (TPSA) is 91.7 Å². The van der Waals surface area contributed by atoms with Crippen LogP contribution in [0.3, 0.4) is 0 Å². The van der Waals surface area contributed by atoms with Crippen LogP contribution in [-0.4, -0.2) is 23.9 Å². The number of fused-ring (bicyclic) bond motifs is 1. The molecule has 0 aliphatic rings. The fourth-order valence-electron chi connectivity index (χ4n) is 2.88. The van der Waals surface area contributed by atoms with Crippen molar-refractivity contribution in [2.75, 3.05) is 0 Å². The zero-order valence-corrected chi connectivity index (χ0v) is 17.2. The average Bonchev–Trinajstić information content (AvgIpc) is 2.79. The van der Waals surface area contributed by atoms with Crippen LogP contribution in [0.5, 0.6) is 5.75 Å². The van der Waals surface area contributed by atoms with Gasteiger partial charge in [0.05, 0.1) is 0 Å². The van der Waals surface area contributed by atoms with Crippen LogP contribution < -0.4 is 0 Å². The normalized spacial score (nSPS) is 11.1. The number of ketones is 1. The molecule has 5 nitrogen and oxygen atoms in total.